The van der Waals surface area contributed by atoms with Gasteiger partial charge in [0.15, 0.2) is 0 Å². The van der Waals surface area contributed by atoms with Gasteiger partial charge in [0.2, 0.25) is 5.91 Å². The molecular formula is C12H18Cl2N2O. The molecule has 0 aromatic heterocycles. The van der Waals surface area contributed by atoms with Crippen LogP contribution < -0.4 is 11.1 Å². The highest BCUT2D eigenvalue weighted by molar-refractivity contribution is 6.30. The Balaban J connectivity index is 0.00000256. The van der Waals surface area contributed by atoms with E-state index in [2.05, 4.69) is 5.32 Å². The molecule has 0 spiro atoms. The highest BCUT2D eigenvalue weighted by Crippen LogP contribution is 2.10. The zero-order valence-electron chi connectivity index (χ0n) is 9.94. The van der Waals surface area contributed by atoms with Crippen LogP contribution in [0.5, 0.6) is 0 Å². The van der Waals surface area contributed by atoms with Crippen molar-refractivity contribution in [1.29, 1.82) is 0 Å². The van der Waals surface area contributed by atoms with Crippen molar-refractivity contribution in [3.63, 3.8) is 0 Å². The summed E-state index contributed by atoms with van der Waals surface area (Å²) < 4.78 is 0. The molecule has 3 N–H and O–H groups in total. The van der Waals surface area contributed by atoms with E-state index in [-0.39, 0.29) is 24.2 Å². The van der Waals surface area contributed by atoms with Crippen LogP contribution in [0.15, 0.2) is 24.3 Å². The Kier molecular flexibility index (Phi) is 7.19. The fourth-order valence-corrected chi connectivity index (χ4v) is 1.47. The van der Waals surface area contributed by atoms with E-state index in [9.17, 15) is 4.79 Å². The van der Waals surface area contributed by atoms with Gasteiger partial charge in [-0.05, 0) is 23.6 Å². The van der Waals surface area contributed by atoms with E-state index in [1.54, 1.807) is 6.07 Å². The lowest BCUT2D eigenvalue weighted by Crippen LogP contribution is -2.43. The standard InChI is InChI=1S/C12H17ClN2O.ClH/c1-8(2)11(14)12(16)15-7-9-4-3-5-10(13)6-9;/h3-6,8,11H,7,14H2,1-2H3,(H,15,16);1H/t11-;/m1./s1. The largest absolute Gasteiger partial charge is 0.351 e. The molecule has 0 bridgehead atoms. The first kappa shape index (κ1) is 16.2. The molecule has 0 aliphatic carbocycles. The van der Waals surface area contributed by atoms with Crippen molar-refractivity contribution < 1.29 is 4.79 Å². The number of halogens is 2. The van der Waals surface area contributed by atoms with Crippen LogP contribution in [0.1, 0.15) is 19.4 Å². The third-order valence-electron chi connectivity index (χ3n) is 2.38. The second-order valence-corrected chi connectivity index (χ2v) is 4.55. The number of benzene rings is 1. The zero-order chi connectivity index (χ0) is 12.1. The van der Waals surface area contributed by atoms with Crippen molar-refractivity contribution in [3.8, 4) is 0 Å². The summed E-state index contributed by atoms with van der Waals surface area (Å²) in [5, 5.41) is 3.45. The second-order valence-electron chi connectivity index (χ2n) is 4.12. The van der Waals surface area contributed by atoms with Crippen LogP contribution in [0.25, 0.3) is 0 Å². The highest BCUT2D eigenvalue weighted by Gasteiger charge is 2.16. The quantitative estimate of drug-likeness (QED) is 0.887. The Morgan fingerprint density at radius 1 is 1.47 bits per heavy atom. The van der Waals surface area contributed by atoms with Gasteiger partial charge in [-0.1, -0.05) is 37.6 Å². The van der Waals surface area contributed by atoms with Crippen molar-refractivity contribution in [1.82, 2.24) is 5.32 Å². The van der Waals surface area contributed by atoms with Crippen LogP contribution in [0.2, 0.25) is 5.02 Å². The van der Waals surface area contributed by atoms with Crippen LogP contribution in [-0.2, 0) is 11.3 Å². The zero-order valence-corrected chi connectivity index (χ0v) is 11.5. The van der Waals surface area contributed by atoms with E-state index >= 15 is 0 Å². The van der Waals surface area contributed by atoms with E-state index in [0.29, 0.717) is 11.6 Å². The molecule has 1 atom stereocenters. The van der Waals surface area contributed by atoms with Gasteiger partial charge in [0.1, 0.15) is 0 Å². The first-order chi connectivity index (χ1) is 7.50. The highest BCUT2D eigenvalue weighted by atomic mass is 35.5. The smallest absolute Gasteiger partial charge is 0.237 e. The van der Waals surface area contributed by atoms with Gasteiger partial charge >= 0.3 is 0 Å². The minimum absolute atomic E-state index is 0. The molecule has 0 radical (unpaired) electrons. The Morgan fingerprint density at radius 3 is 2.65 bits per heavy atom. The van der Waals surface area contributed by atoms with E-state index in [1.165, 1.54) is 0 Å². The summed E-state index contributed by atoms with van der Waals surface area (Å²) in [5.41, 5.74) is 6.69. The molecule has 3 nitrogen and oxygen atoms in total. The van der Waals surface area contributed by atoms with Crippen molar-refractivity contribution >= 4 is 29.9 Å². The van der Waals surface area contributed by atoms with Crippen LogP contribution in [-0.4, -0.2) is 11.9 Å². The Labute approximate surface area is 113 Å². The molecule has 0 saturated carbocycles. The van der Waals surface area contributed by atoms with Crippen LogP contribution >= 0.6 is 24.0 Å². The summed E-state index contributed by atoms with van der Waals surface area (Å²) in [7, 11) is 0. The molecule has 1 aromatic rings. The van der Waals surface area contributed by atoms with Gasteiger partial charge in [0.25, 0.3) is 0 Å². The average molecular weight is 277 g/mol. The topological polar surface area (TPSA) is 55.1 Å². The molecule has 1 amide bonds. The number of nitrogens with two attached hydrogens (primary N) is 1. The van der Waals surface area contributed by atoms with Crippen molar-refractivity contribution in [2.45, 2.75) is 26.4 Å². The molecule has 1 aromatic carbocycles. The summed E-state index contributed by atoms with van der Waals surface area (Å²) in [6, 6.07) is 6.92. The molecule has 96 valence electrons. The predicted molar refractivity (Wildman–Crippen MR) is 73.4 cm³/mol. The molecule has 0 unspecified atom stereocenters. The maximum Gasteiger partial charge on any atom is 0.237 e. The molecule has 1 rings (SSSR count). The van der Waals surface area contributed by atoms with Gasteiger partial charge in [-0.25, -0.2) is 0 Å². The van der Waals surface area contributed by atoms with Gasteiger partial charge < -0.3 is 11.1 Å². The van der Waals surface area contributed by atoms with Crippen molar-refractivity contribution in [2.75, 3.05) is 0 Å². The number of rotatable bonds is 4. The number of hydrogen-bond acceptors (Lipinski definition) is 2. The van der Waals surface area contributed by atoms with Crippen LogP contribution in [0, 0.1) is 5.92 Å². The maximum atomic E-state index is 11.6. The van der Waals surface area contributed by atoms with E-state index in [1.807, 2.05) is 32.0 Å². The molecule has 17 heavy (non-hydrogen) atoms. The minimum atomic E-state index is -0.459. The molecule has 5 heteroatoms. The fraction of sp³-hybridized carbons (Fsp3) is 0.417. The molecule has 0 aliphatic heterocycles. The third kappa shape index (κ3) is 5.39. The number of carbonyl (C=O) groups excluding carboxylic acids is 1. The van der Waals surface area contributed by atoms with E-state index in [0.717, 1.165) is 5.56 Å². The first-order valence-electron chi connectivity index (χ1n) is 5.28. The molecule has 0 heterocycles. The van der Waals surface area contributed by atoms with Crippen LogP contribution in [0.4, 0.5) is 0 Å². The summed E-state index contributed by atoms with van der Waals surface area (Å²) in [4.78, 5) is 11.6. The lowest BCUT2D eigenvalue weighted by atomic mass is 10.0. The molecule has 0 saturated heterocycles. The van der Waals surface area contributed by atoms with Gasteiger partial charge in [0.05, 0.1) is 6.04 Å². The minimum Gasteiger partial charge on any atom is -0.351 e. The summed E-state index contributed by atoms with van der Waals surface area (Å²) >= 11 is 5.84. The lowest BCUT2D eigenvalue weighted by Gasteiger charge is -2.15. The number of hydrogen-bond donors (Lipinski definition) is 2. The summed E-state index contributed by atoms with van der Waals surface area (Å²) in [5.74, 6) is 0.00865. The molecule has 0 fully saturated rings. The van der Waals surface area contributed by atoms with Crippen molar-refractivity contribution in [3.05, 3.63) is 34.9 Å². The van der Waals surface area contributed by atoms with Gasteiger partial charge in [-0.3, -0.25) is 4.79 Å². The summed E-state index contributed by atoms with van der Waals surface area (Å²) in [6.07, 6.45) is 0. The van der Waals surface area contributed by atoms with Crippen molar-refractivity contribution in [2.24, 2.45) is 11.7 Å². The van der Waals surface area contributed by atoms with Gasteiger partial charge in [-0.2, -0.15) is 0 Å². The fourth-order valence-electron chi connectivity index (χ4n) is 1.26. The van der Waals surface area contributed by atoms with Crippen LogP contribution in [0.3, 0.4) is 0 Å². The third-order valence-corrected chi connectivity index (χ3v) is 2.61. The predicted octanol–water partition coefficient (Wildman–Crippen LogP) is 2.36. The second kappa shape index (κ2) is 7.54. The Hall–Kier alpha value is -0.770. The molecular weight excluding hydrogens is 259 g/mol. The maximum absolute atomic E-state index is 11.6. The molecule has 0 aliphatic rings. The van der Waals surface area contributed by atoms with Gasteiger partial charge in [-0.15, -0.1) is 12.4 Å². The summed E-state index contributed by atoms with van der Waals surface area (Å²) in [6.45, 7) is 4.30. The Morgan fingerprint density at radius 2 is 2.12 bits per heavy atom. The number of nitrogens with one attached hydrogen (secondary N) is 1. The average Bonchev–Trinajstić information content (AvgIpc) is 2.24. The Bertz CT molecular complexity index is 369. The van der Waals surface area contributed by atoms with E-state index in [4.69, 9.17) is 17.3 Å². The SMILES string of the molecule is CC(C)[C@@H](N)C(=O)NCc1cccc(Cl)c1.Cl. The normalized spacial score (nSPS) is 11.8. The first-order valence-corrected chi connectivity index (χ1v) is 5.66. The monoisotopic (exact) mass is 276 g/mol. The van der Waals surface area contributed by atoms with Gasteiger partial charge in [0, 0.05) is 11.6 Å². The number of carbonyl (C=O) groups is 1. The number of amides is 1. The van der Waals surface area contributed by atoms with E-state index < -0.39 is 6.04 Å². The lowest BCUT2D eigenvalue weighted by molar-refractivity contribution is -0.123.